The molecule has 0 radical (unpaired) electrons. The van der Waals surface area contributed by atoms with Crippen molar-refractivity contribution in [3.63, 3.8) is 0 Å². The molecule has 1 heterocycles. The van der Waals surface area contributed by atoms with Gasteiger partial charge in [0.2, 0.25) is 11.8 Å². The van der Waals surface area contributed by atoms with Crippen molar-refractivity contribution in [1.29, 1.82) is 0 Å². The SMILES string of the molecule is CC(CN)CNC(=O)C1CCN(Cc2ccccc2)C1=O. The number of benzene rings is 1. The molecule has 1 saturated heterocycles. The number of nitrogens with two attached hydrogens (primary N) is 1. The Kier molecular flexibility index (Phi) is 5.33. The Morgan fingerprint density at radius 1 is 1.43 bits per heavy atom. The van der Waals surface area contributed by atoms with Crippen molar-refractivity contribution in [2.45, 2.75) is 19.9 Å². The molecule has 0 spiro atoms. The third-order valence-electron chi connectivity index (χ3n) is 3.86. The van der Waals surface area contributed by atoms with Crippen molar-refractivity contribution in [2.24, 2.45) is 17.6 Å². The second kappa shape index (κ2) is 7.22. The Labute approximate surface area is 125 Å². The van der Waals surface area contributed by atoms with Gasteiger partial charge in [-0.1, -0.05) is 37.3 Å². The highest BCUT2D eigenvalue weighted by molar-refractivity contribution is 6.01. The molecular weight excluding hydrogens is 266 g/mol. The van der Waals surface area contributed by atoms with Crippen LogP contribution < -0.4 is 11.1 Å². The van der Waals surface area contributed by atoms with Gasteiger partial charge < -0.3 is 16.0 Å². The summed E-state index contributed by atoms with van der Waals surface area (Å²) in [5.74, 6) is -0.558. The van der Waals surface area contributed by atoms with Crippen LogP contribution in [0.25, 0.3) is 0 Å². The number of rotatable bonds is 6. The van der Waals surface area contributed by atoms with Crippen LogP contribution in [-0.2, 0) is 16.1 Å². The summed E-state index contributed by atoms with van der Waals surface area (Å²) in [6.45, 7) is 4.23. The van der Waals surface area contributed by atoms with E-state index in [9.17, 15) is 9.59 Å². The van der Waals surface area contributed by atoms with Crippen LogP contribution in [0.5, 0.6) is 0 Å². The number of nitrogens with zero attached hydrogens (tertiary/aromatic N) is 1. The molecule has 2 rings (SSSR count). The molecule has 0 aliphatic carbocycles. The molecule has 2 unspecified atom stereocenters. The summed E-state index contributed by atoms with van der Waals surface area (Å²) < 4.78 is 0. The van der Waals surface area contributed by atoms with E-state index in [0.29, 0.717) is 32.6 Å². The molecule has 1 aliphatic heterocycles. The lowest BCUT2D eigenvalue weighted by molar-refractivity contribution is -0.138. The predicted molar refractivity (Wildman–Crippen MR) is 81.2 cm³/mol. The Hall–Kier alpha value is -1.88. The summed E-state index contributed by atoms with van der Waals surface area (Å²) in [7, 11) is 0. The van der Waals surface area contributed by atoms with E-state index in [0.717, 1.165) is 5.56 Å². The summed E-state index contributed by atoms with van der Waals surface area (Å²) in [5.41, 5.74) is 6.61. The van der Waals surface area contributed by atoms with Gasteiger partial charge in [-0.2, -0.15) is 0 Å². The van der Waals surface area contributed by atoms with Gasteiger partial charge in [0, 0.05) is 19.6 Å². The average molecular weight is 289 g/mol. The molecule has 3 N–H and O–H groups in total. The van der Waals surface area contributed by atoms with Crippen LogP contribution in [0.4, 0.5) is 0 Å². The quantitative estimate of drug-likeness (QED) is 0.759. The predicted octanol–water partition coefficient (Wildman–Crippen LogP) is 0.746. The minimum atomic E-state index is -0.543. The molecular formula is C16H23N3O2. The second-order valence-corrected chi connectivity index (χ2v) is 5.67. The Morgan fingerprint density at radius 2 is 2.14 bits per heavy atom. The average Bonchev–Trinajstić information content (AvgIpc) is 2.86. The number of likely N-dealkylation sites (tertiary alicyclic amines) is 1. The first kappa shape index (κ1) is 15.5. The number of hydrogen-bond donors (Lipinski definition) is 2. The minimum Gasteiger partial charge on any atom is -0.355 e. The smallest absolute Gasteiger partial charge is 0.235 e. The number of hydrogen-bond acceptors (Lipinski definition) is 3. The highest BCUT2D eigenvalue weighted by Gasteiger charge is 2.36. The molecule has 5 nitrogen and oxygen atoms in total. The van der Waals surface area contributed by atoms with Crippen LogP contribution in [0.2, 0.25) is 0 Å². The summed E-state index contributed by atoms with van der Waals surface area (Å²) >= 11 is 0. The lowest BCUT2D eigenvalue weighted by atomic mass is 10.1. The maximum Gasteiger partial charge on any atom is 0.235 e. The molecule has 1 fully saturated rings. The molecule has 114 valence electrons. The van der Waals surface area contributed by atoms with E-state index >= 15 is 0 Å². The van der Waals surface area contributed by atoms with Crippen molar-refractivity contribution in [1.82, 2.24) is 10.2 Å². The first-order valence-corrected chi connectivity index (χ1v) is 7.42. The number of carbonyl (C=O) groups excluding carboxylic acids is 2. The van der Waals surface area contributed by atoms with Crippen molar-refractivity contribution in [2.75, 3.05) is 19.6 Å². The van der Waals surface area contributed by atoms with Crippen molar-refractivity contribution >= 4 is 11.8 Å². The fraction of sp³-hybridized carbons (Fsp3) is 0.500. The number of amides is 2. The molecule has 1 aromatic rings. The van der Waals surface area contributed by atoms with Crippen molar-refractivity contribution in [3.8, 4) is 0 Å². The number of nitrogens with one attached hydrogen (secondary N) is 1. The maximum absolute atomic E-state index is 12.3. The van der Waals surface area contributed by atoms with Gasteiger partial charge >= 0.3 is 0 Å². The lowest BCUT2D eigenvalue weighted by Crippen LogP contribution is -2.39. The first-order chi connectivity index (χ1) is 10.1. The molecule has 2 amide bonds. The largest absolute Gasteiger partial charge is 0.355 e. The maximum atomic E-state index is 12.3. The van der Waals surface area contributed by atoms with E-state index in [-0.39, 0.29) is 17.7 Å². The Bertz CT molecular complexity index is 490. The van der Waals surface area contributed by atoms with Gasteiger partial charge in [0.15, 0.2) is 0 Å². The van der Waals surface area contributed by atoms with Crippen molar-refractivity contribution < 1.29 is 9.59 Å². The summed E-state index contributed by atoms with van der Waals surface area (Å²) in [6.07, 6.45) is 0.592. The number of carbonyl (C=O) groups is 2. The molecule has 0 aromatic heterocycles. The van der Waals surface area contributed by atoms with Crippen LogP contribution in [-0.4, -0.2) is 36.3 Å². The second-order valence-electron chi connectivity index (χ2n) is 5.67. The van der Waals surface area contributed by atoms with Crippen LogP contribution in [0.3, 0.4) is 0 Å². The first-order valence-electron chi connectivity index (χ1n) is 7.42. The van der Waals surface area contributed by atoms with Gasteiger partial charge in [0.25, 0.3) is 0 Å². The van der Waals surface area contributed by atoms with Gasteiger partial charge in [0.1, 0.15) is 5.92 Å². The van der Waals surface area contributed by atoms with Crippen molar-refractivity contribution in [3.05, 3.63) is 35.9 Å². The molecule has 1 aromatic carbocycles. The highest BCUT2D eigenvalue weighted by Crippen LogP contribution is 2.20. The molecule has 21 heavy (non-hydrogen) atoms. The topological polar surface area (TPSA) is 75.4 Å². The third-order valence-corrected chi connectivity index (χ3v) is 3.86. The van der Waals surface area contributed by atoms with Crippen LogP contribution in [0, 0.1) is 11.8 Å². The molecule has 5 heteroatoms. The third kappa shape index (κ3) is 4.04. The van der Waals surface area contributed by atoms with Crippen LogP contribution in [0.1, 0.15) is 18.9 Å². The normalized spacial score (nSPS) is 19.6. The zero-order valence-corrected chi connectivity index (χ0v) is 12.4. The zero-order valence-electron chi connectivity index (χ0n) is 12.4. The van der Waals surface area contributed by atoms with Gasteiger partial charge in [-0.15, -0.1) is 0 Å². The zero-order chi connectivity index (χ0) is 15.2. The van der Waals surface area contributed by atoms with E-state index in [4.69, 9.17) is 5.73 Å². The van der Waals surface area contributed by atoms with Gasteiger partial charge in [0.05, 0.1) is 0 Å². The fourth-order valence-electron chi connectivity index (χ4n) is 2.42. The van der Waals surface area contributed by atoms with E-state index in [1.165, 1.54) is 0 Å². The highest BCUT2D eigenvalue weighted by atomic mass is 16.2. The molecule has 0 saturated carbocycles. The molecule has 1 aliphatic rings. The monoisotopic (exact) mass is 289 g/mol. The molecule has 0 bridgehead atoms. The Balaban J connectivity index is 1.87. The summed E-state index contributed by atoms with van der Waals surface area (Å²) in [5, 5.41) is 2.82. The van der Waals surface area contributed by atoms with E-state index in [1.807, 2.05) is 37.3 Å². The fourth-order valence-corrected chi connectivity index (χ4v) is 2.42. The standard InChI is InChI=1S/C16H23N3O2/c1-12(9-17)10-18-15(20)14-7-8-19(16(14)21)11-13-5-3-2-4-6-13/h2-6,12,14H,7-11,17H2,1H3,(H,18,20). The van der Waals surface area contributed by atoms with Gasteiger partial charge in [-0.3, -0.25) is 9.59 Å². The van der Waals surface area contributed by atoms with E-state index < -0.39 is 5.92 Å². The molecule has 2 atom stereocenters. The van der Waals surface area contributed by atoms with Gasteiger partial charge in [-0.05, 0) is 24.4 Å². The Morgan fingerprint density at radius 3 is 2.81 bits per heavy atom. The van der Waals surface area contributed by atoms with E-state index in [2.05, 4.69) is 5.32 Å². The summed E-state index contributed by atoms with van der Waals surface area (Å²) in [4.78, 5) is 26.1. The summed E-state index contributed by atoms with van der Waals surface area (Å²) in [6, 6.07) is 9.83. The van der Waals surface area contributed by atoms with Crippen LogP contribution in [0.15, 0.2) is 30.3 Å². The lowest BCUT2D eigenvalue weighted by Gasteiger charge is -2.17. The van der Waals surface area contributed by atoms with Crippen LogP contribution >= 0.6 is 0 Å². The minimum absolute atomic E-state index is 0.0724. The van der Waals surface area contributed by atoms with E-state index in [1.54, 1.807) is 4.90 Å². The van der Waals surface area contributed by atoms with Gasteiger partial charge in [-0.25, -0.2) is 0 Å².